The van der Waals surface area contributed by atoms with Gasteiger partial charge in [0.2, 0.25) is 0 Å². The van der Waals surface area contributed by atoms with E-state index in [1.54, 1.807) is 17.1 Å². The van der Waals surface area contributed by atoms with Gasteiger partial charge in [0.1, 0.15) is 0 Å². The molecule has 21 heavy (non-hydrogen) atoms. The van der Waals surface area contributed by atoms with E-state index in [9.17, 15) is 9.90 Å². The number of hydrogen-bond acceptors (Lipinski definition) is 3. The van der Waals surface area contributed by atoms with Crippen LogP contribution in [0.5, 0.6) is 0 Å². The number of nitrogens with one attached hydrogen (secondary N) is 2. The van der Waals surface area contributed by atoms with Crippen molar-refractivity contribution in [3.05, 3.63) is 12.4 Å². The minimum atomic E-state index is -0.817. The molecule has 1 heterocycles. The second kappa shape index (κ2) is 8.02. The summed E-state index contributed by atoms with van der Waals surface area (Å²) in [5, 5.41) is 20.1. The Hall–Kier alpha value is -1.56. The van der Waals surface area contributed by atoms with Crippen LogP contribution in [-0.4, -0.2) is 33.1 Å². The van der Waals surface area contributed by atoms with Crippen molar-refractivity contribution in [3.63, 3.8) is 0 Å². The van der Waals surface area contributed by atoms with Crippen LogP contribution < -0.4 is 10.6 Å². The van der Waals surface area contributed by atoms with E-state index in [1.165, 1.54) is 0 Å². The Morgan fingerprint density at radius 1 is 1.38 bits per heavy atom. The van der Waals surface area contributed by atoms with Gasteiger partial charge in [-0.1, -0.05) is 26.7 Å². The first-order chi connectivity index (χ1) is 9.90. The average Bonchev–Trinajstić information content (AvgIpc) is 2.86. The number of rotatable bonds is 8. The number of amides is 2. The number of aliphatic hydroxyl groups is 1. The lowest BCUT2D eigenvalue weighted by Crippen LogP contribution is -2.44. The first-order valence-electron chi connectivity index (χ1n) is 7.71. The van der Waals surface area contributed by atoms with E-state index in [-0.39, 0.29) is 18.6 Å². The van der Waals surface area contributed by atoms with E-state index in [2.05, 4.69) is 15.7 Å². The van der Waals surface area contributed by atoms with Gasteiger partial charge in [-0.3, -0.25) is 4.68 Å². The monoisotopic (exact) mass is 296 g/mol. The van der Waals surface area contributed by atoms with Crippen molar-refractivity contribution >= 4 is 11.7 Å². The predicted octanol–water partition coefficient (Wildman–Crippen LogP) is 2.92. The Labute approximate surface area is 126 Å². The third-order valence-electron chi connectivity index (χ3n) is 3.40. The van der Waals surface area contributed by atoms with Gasteiger partial charge in [-0.25, -0.2) is 4.79 Å². The van der Waals surface area contributed by atoms with Gasteiger partial charge in [0.15, 0.2) is 0 Å². The molecule has 0 unspecified atom stereocenters. The van der Waals surface area contributed by atoms with Crippen molar-refractivity contribution in [3.8, 4) is 0 Å². The number of carbonyl (C=O) groups is 1. The second-order valence-corrected chi connectivity index (χ2v) is 5.83. The Morgan fingerprint density at radius 2 is 2.00 bits per heavy atom. The zero-order valence-corrected chi connectivity index (χ0v) is 13.5. The second-order valence-electron chi connectivity index (χ2n) is 5.83. The number of aromatic nitrogens is 2. The van der Waals surface area contributed by atoms with Crippen molar-refractivity contribution in [2.45, 2.75) is 65.0 Å². The van der Waals surface area contributed by atoms with Gasteiger partial charge in [0.25, 0.3) is 0 Å². The first-order valence-corrected chi connectivity index (χ1v) is 7.71. The number of urea groups is 1. The number of nitrogens with zero attached hydrogens (tertiary/aromatic N) is 2. The van der Waals surface area contributed by atoms with Gasteiger partial charge >= 0.3 is 6.03 Å². The van der Waals surface area contributed by atoms with Crippen LogP contribution >= 0.6 is 0 Å². The lowest BCUT2D eigenvalue weighted by Gasteiger charge is -2.27. The maximum absolute atomic E-state index is 11.9. The number of hydrogen-bond donors (Lipinski definition) is 3. The minimum Gasteiger partial charge on any atom is -0.388 e. The minimum absolute atomic E-state index is 0.253. The van der Waals surface area contributed by atoms with Crippen LogP contribution in [-0.2, 0) is 0 Å². The van der Waals surface area contributed by atoms with Crippen LogP contribution in [0.1, 0.15) is 59.4 Å². The normalized spacial score (nSPS) is 11.7. The van der Waals surface area contributed by atoms with Crippen molar-refractivity contribution in [1.29, 1.82) is 0 Å². The lowest BCUT2D eigenvalue weighted by atomic mass is 9.93. The summed E-state index contributed by atoms with van der Waals surface area (Å²) in [6, 6.07) is -0.0632. The summed E-state index contributed by atoms with van der Waals surface area (Å²) in [4.78, 5) is 11.9. The summed E-state index contributed by atoms with van der Waals surface area (Å²) in [5.74, 6) is 0. The van der Waals surface area contributed by atoms with Crippen molar-refractivity contribution in [2.75, 3.05) is 11.9 Å². The van der Waals surface area contributed by atoms with Gasteiger partial charge in [-0.05, 0) is 26.7 Å². The quantitative estimate of drug-likeness (QED) is 0.690. The number of anilines is 1. The SMILES string of the molecule is CCCC(O)(CCC)CNC(=O)Nc1cnn(C(C)C)c1. The Balaban J connectivity index is 2.48. The highest BCUT2D eigenvalue weighted by Crippen LogP contribution is 2.18. The summed E-state index contributed by atoms with van der Waals surface area (Å²) in [7, 11) is 0. The average molecular weight is 296 g/mol. The van der Waals surface area contributed by atoms with Crippen LogP contribution in [0, 0.1) is 0 Å². The smallest absolute Gasteiger partial charge is 0.319 e. The molecule has 0 aromatic carbocycles. The van der Waals surface area contributed by atoms with E-state index in [0.717, 1.165) is 12.8 Å². The molecular formula is C15H28N4O2. The molecular weight excluding hydrogens is 268 g/mol. The fourth-order valence-electron chi connectivity index (χ4n) is 2.34. The molecule has 0 saturated heterocycles. The maximum Gasteiger partial charge on any atom is 0.319 e. The third kappa shape index (κ3) is 5.75. The zero-order chi connectivity index (χ0) is 15.9. The first kappa shape index (κ1) is 17.5. The van der Waals surface area contributed by atoms with Gasteiger partial charge in [-0.2, -0.15) is 5.10 Å². The van der Waals surface area contributed by atoms with Crippen LogP contribution in [0.4, 0.5) is 10.5 Å². The molecule has 0 aliphatic heterocycles. The molecule has 1 aromatic heterocycles. The molecule has 1 rings (SSSR count). The summed E-state index contributed by atoms with van der Waals surface area (Å²) >= 11 is 0. The highest BCUT2D eigenvalue weighted by Gasteiger charge is 2.25. The summed E-state index contributed by atoms with van der Waals surface area (Å²) in [6.45, 7) is 8.36. The predicted molar refractivity (Wildman–Crippen MR) is 84.4 cm³/mol. The summed E-state index contributed by atoms with van der Waals surface area (Å²) in [5.41, 5.74) is -0.168. The van der Waals surface area contributed by atoms with Crippen LogP contribution in [0.3, 0.4) is 0 Å². The van der Waals surface area contributed by atoms with Crippen molar-refractivity contribution in [1.82, 2.24) is 15.1 Å². The van der Waals surface area contributed by atoms with Gasteiger partial charge < -0.3 is 15.7 Å². The topological polar surface area (TPSA) is 79.2 Å². The summed E-state index contributed by atoms with van der Waals surface area (Å²) in [6.07, 6.45) is 6.55. The molecule has 0 spiro atoms. The van der Waals surface area contributed by atoms with E-state index in [4.69, 9.17) is 0 Å². The molecule has 1 aromatic rings. The molecule has 3 N–H and O–H groups in total. The van der Waals surface area contributed by atoms with Crippen LogP contribution in [0.2, 0.25) is 0 Å². The summed E-state index contributed by atoms with van der Waals surface area (Å²) < 4.78 is 1.78. The molecule has 0 aliphatic carbocycles. The largest absolute Gasteiger partial charge is 0.388 e. The molecule has 2 amide bonds. The molecule has 0 fully saturated rings. The molecule has 0 saturated carbocycles. The molecule has 0 atom stereocenters. The van der Waals surface area contributed by atoms with Crippen molar-refractivity contribution < 1.29 is 9.90 Å². The fraction of sp³-hybridized carbons (Fsp3) is 0.733. The third-order valence-corrected chi connectivity index (χ3v) is 3.40. The van der Waals surface area contributed by atoms with Gasteiger partial charge in [0, 0.05) is 18.8 Å². The maximum atomic E-state index is 11.9. The lowest BCUT2D eigenvalue weighted by molar-refractivity contribution is 0.0245. The standard InChI is InChI=1S/C15H28N4O2/c1-5-7-15(21,8-6-2)11-16-14(20)18-13-9-17-19(10-13)12(3)4/h9-10,12,21H,5-8,11H2,1-4H3,(H2,16,18,20). The molecule has 0 aliphatic rings. The Kier molecular flexibility index (Phi) is 6.68. The number of carbonyl (C=O) groups excluding carboxylic acids is 1. The van der Waals surface area contributed by atoms with Gasteiger partial charge in [-0.15, -0.1) is 0 Å². The molecule has 0 bridgehead atoms. The zero-order valence-electron chi connectivity index (χ0n) is 13.5. The molecule has 120 valence electrons. The van der Waals surface area contributed by atoms with E-state index in [1.807, 2.05) is 27.7 Å². The highest BCUT2D eigenvalue weighted by atomic mass is 16.3. The van der Waals surface area contributed by atoms with Crippen LogP contribution in [0.15, 0.2) is 12.4 Å². The Morgan fingerprint density at radius 3 is 2.48 bits per heavy atom. The highest BCUT2D eigenvalue weighted by molar-refractivity contribution is 5.88. The van der Waals surface area contributed by atoms with Crippen LogP contribution in [0.25, 0.3) is 0 Å². The van der Waals surface area contributed by atoms with Crippen molar-refractivity contribution in [2.24, 2.45) is 0 Å². The van der Waals surface area contributed by atoms with Gasteiger partial charge in [0.05, 0.1) is 17.5 Å². The molecule has 6 heteroatoms. The molecule has 6 nitrogen and oxygen atoms in total. The van der Waals surface area contributed by atoms with E-state index < -0.39 is 5.60 Å². The Bertz CT molecular complexity index is 437. The van der Waals surface area contributed by atoms with E-state index >= 15 is 0 Å². The fourth-order valence-corrected chi connectivity index (χ4v) is 2.34. The van der Waals surface area contributed by atoms with E-state index in [0.29, 0.717) is 18.5 Å². The molecule has 0 radical (unpaired) electrons.